The summed E-state index contributed by atoms with van der Waals surface area (Å²) in [7, 11) is -3.51. The van der Waals surface area contributed by atoms with Crippen molar-refractivity contribution in [1.82, 2.24) is 10.0 Å². The van der Waals surface area contributed by atoms with E-state index in [1.807, 2.05) is 40.7 Å². The van der Waals surface area contributed by atoms with Crippen LogP contribution < -0.4 is 10.0 Å². The Hall–Kier alpha value is -0.430. The molecule has 1 aromatic rings. The van der Waals surface area contributed by atoms with Gasteiger partial charge in [-0.25, -0.2) is 13.1 Å². The van der Waals surface area contributed by atoms with Crippen LogP contribution in [0.1, 0.15) is 38.8 Å². The SMILES string of the molecule is CCNCc1cc(Br)c(C)c(S(=O)(=O)NC(C)C(C)C)c1. The van der Waals surface area contributed by atoms with Gasteiger partial charge in [-0.15, -0.1) is 0 Å². The molecule has 0 amide bonds. The normalized spacial score (nSPS) is 13.7. The van der Waals surface area contributed by atoms with Crippen molar-refractivity contribution in [3.63, 3.8) is 0 Å². The highest BCUT2D eigenvalue weighted by Crippen LogP contribution is 2.26. The van der Waals surface area contributed by atoms with Gasteiger partial charge in [0, 0.05) is 17.1 Å². The van der Waals surface area contributed by atoms with Crippen LogP contribution in [0.3, 0.4) is 0 Å². The van der Waals surface area contributed by atoms with Crippen molar-refractivity contribution in [1.29, 1.82) is 0 Å². The van der Waals surface area contributed by atoms with Gasteiger partial charge in [0.1, 0.15) is 0 Å². The van der Waals surface area contributed by atoms with Crippen molar-refractivity contribution in [2.24, 2.45) is 5.92 Å². The molecule has 0 aliphatic rings. The van der Waals surface area contributed by atoms with Gasteiger partial charge in [0.2, 0.25) is 10.0 Å². The monoisotopic (exact) mass is 376 g/mol. The summed E-state index contributed by atoms with van der Waals surface area (Å²) in [6.45, 7) is 11.2. The van der Waals surface area contributed by atoms with Crippen molar-refractivity contribution in [3.8, 4) is 0 Å². The highest BCUT2D eigenvalue weighted by molar-refractivity contribution is 9.10. The van der Waals surface area contributed by atoms with Crippen LogP contribution in [-0.2, 0) is 16.6 Å². The smallest absolute Gasteiger partial charge is 0.241 e. The van der Waals surface area contributed by atoms with Crippen LogP contribution in [0.2, 0.25) is 0 Å². The van der Waals surface area contributed by atoms with Gasteiger partial charge in [-0.2, -0.15) is 0 Å². The fourth-order valence-electron chi connectivity index (χ4n) is 1.80. The zero-order valence-corrected chi connectivity index (χ0v) is 15.7. The largest absolute Gasteiger partial charge is 0.313 e. The minimum absolute atomic E-state index is 0.106. The third-order valence-corrected chi connectivity index (χ3v) is 6.07. The maximum Gasteiger partial charge on any atom is 0.241 e. The van der Waals surface area contributed by atoms with Crippen LogP contribution in [-0.4, -0.2) is 21.0 Å². The molecule has 0 saturated heterocycles. The zero-order valence-electron chi connectivity index (χ0n) is 13.3. The molecule has 0 fully saturated rings. The Morgan fingerprint density at radius 1 is 1.24 bits per heavy atom. The number of sulfonamides is 1. The van der Waals surface area contributed by atoms with Crippen molar-refractivity contribution in [2.75, 3.05) is 6.54 Å². The van der Waals surface area contributed by atoms with E-state index in [2.05, 4.69) is 26.0 Å². The molecule has 1 aromatic carbocycles. The van der Waals surface area contributed by atoms with E-state index in [4.69, 9.17) is 0 Å². The summed E-state index contributed by atoms with van der Waals surface area (Å²) in [4.78, 5) is 0.345. The predicted octanol–water partition coefficient (Wildman–Crippen LogP) is 3.19. The summed E-state index contributed by atoms with van der Waals surface area (Å²) in [6, 6.07) is 3.60. The van der Waals surface area contributed by atoms with Crippen molar-refractivity contribution in [3.05, 3.63) is 27.7 Å². The molecule has 0 aliphatic carbocycles. The van der Waals surface area contributed by atoms with Crippen LogP contribution in [0.4, 0.5) is 0 Å². The number of rotatable bonds is 7. The second-order valence-corrected chi connectivity index (χ2v) is 8.17. The highest BCUT2D eigenvalue weighted by atomic mass is 79.9. The molecule has 0 saturated carbocycles. The lowest BCUT2D eigenvalue weighted by atomic mass is 10.1. The van der Waals surface area contributed by atoms with Crippen LogP contribution in [0, 0.1) is 12.8 Å². The molecule has 21 heavy (non-hydrogen) atoms. The topological polar surface area (TPSA) is 58.2 Å². The van der Waals surface area contributed by atoms with Gasteiger partial charge in [0.15, 0.2) is 0 Å². The first-order valence-electron chi connectivity index (χ1n) is 7.21. The molecule has 0 aromatic heterocycles. The van der Waals surface area contributed by atoms with Crippen LogP contribution in [0.15, 0.2) is 21.5 Å². The summed E-state index contributed by atoms with van der Waals surface area (Å²) in [5, 5.41) is 3.21. The van der Waals surface area contributed by atoms with Crippen LogP contribution >= 0.6 is 15.9 Å². The maximum atomic E-state index is 12.6. The molecule has 1 atom stereocenters. The zero-order chi connectivity index (χ0) is 16.2. The Morgan fingerprint density at radius 3 is 2.38 bits per heavy atom. The molecule has 1 unspecified atom stereocenters. The first kappa shape index (κ1) is 18.6. The Labute approximate surface area is 136 Å². The first-order valence-corrected chi connectivity index (χ1v) is 9.48. The summed E-state index contributed by atoms with van der Waals surface area (Å²) in [5.74, 6) is 0.244. The lowest BCUT2D eigenvalue weighted by molar-refractivity contribution is 0.476. The molecule has 4 nitrogen and oxygen atoms in total. The fraction of sp³-hybridized carbons (Fsp3) is 0.600. The van der Waals surface area contributed by atoms with Crippen LogP contribution in [0.5, 0.6) is 0 Å². The third-order valence-electron chi connectivity index (χ3n) is 3.57. The molecule has 120 valence electrons. The van der Waals surface area contributed by atoms with E-state index >= 15 is 0 Å². The van der Waals surface area contributed by atoms with Crippen LogP contribution in [0.25, 0.3) is 0 Å². The first-order chi connectivity index (χ1) is 9.69. The molecule has 2 N–H and O–H groups in total. The van der Waals surface area contributed by atoms with Crippen molar-refractivity contribution in [2.45, 2.75) is 52.1 Å². The third kappa shape index (κ3) is 5.06. The van der Waals surface area contributed by atoms with Crippen molar-refractivity contribution >= 4 is 26.0 Å². The van der Waals surface area contributed by atoms with Gasteiger partial charge in [-0.1, -0.05) is 36.7 Å². The minimum Gasteiger partial charge on any atom is -0.313 e. The molecule has 0 heterocycles. The average molecular weight is 377 g/mol. The van der Waals surface area contributed by atoms with E-state index in [0.717, 1.165) is 22.1 Å². The van der Waals surface area contributed by atoms with E-state index in [1.54, 1.807) is 6.07 Å². The molecule has 0 aliphatic heterocycles. The molecule has 0 bridgehead atoms. The summed E-state index contributed by atoms with van der Waals surface area (Å²) >= 11 is 3.46. The summed E-state index contributed by atoms with van der Waals surface area (Å²) < 4.78 is 28.8. The highest BCUT2D eigenvalue weighted by Gasteiger charge is 2.22. The van der Waals surface area contributed by atoms with Gasteiger partial charge in [0.25, 0.3) is 0 Å². The summed E-state index contributed by atoms with van der Waals surface area (Å²) in [6.07, 6.45) is 0. The van der Waals surface area contributed by atoms with E-state index in [9.17, 15) is 8.42 Å². The van der Waals surface area contributed by atoms with Gasteiger partial charge in [-0.3, -0.25) is 0 Å². The average Bonchev–Trinajstić information content (AvgIpc) is 2.39. The van der Waals surface area contributed by atoms with E-state index in [0.29, 0.717) is 11.4 Å². The molecule has 0 spiro atoms. The summed E-state index contributed by atoms with van der Waals surface area (Å²) in [5.41, 5.74) is 1.69. The van der Waals surface area contributed by atoms with E-state index in [-0.39, 0.29) is 12.0 Å². The maximum absolute atomic E-state index is 12.6. The molecule has 1 rings (SSSR count). The Bertz CT molecular complexity index is 586. The van der Waals surface area contributed by atoms with Gasteiger partial charge in [-0.05, 0) is 49.6 Å². The minimum atomic E-state index is -3.51. The Balaban J connectivity index is 3.18. The predicted molar refractivity (Wildman–Crippen MR) is 90.9 cm³/mol. The fourth-order valence-corrected chi connectivity index (χ4v) is 4.15. The van der Waals surface area contributed by atoms with Gasteiger partial charge >= 0.3 is 0 Å². The van der Waals surface area contributed by atoms with Crippen molar-refractivity contribution < 1.29 is 8.42 Å². The second-order valence-electron chi connectivity index (χ2n) is 5.64. The lowest BCUT2D eigenvalue weighted by Gasteiger charge is -2.19. The molecular weight excluding hydrogens is 352 g/mol. The van der Waals surface area contributed by atoms with E-state index in [1.165, 1.54) is 0 Å². The standard InChI is InChI=1S/C15H25BrN2O2S/c1-6-17-9-13-7-14(16)11(4)15(8-13)21(19,20)18-12(5)10(2)3/h7-8,10,12,17-18H,6,9H2,1-5H3. The lowest BCUT2D eigenvalue weighted by Crippen LogP contribution is -2.36. The number of benzene rings is 1. The molecule has 6 heteroatoms. The quantitative estimate of drug-likeness (QED) is 0.767. The number of nitrogens with one attached hydrogen (secondary N) is 2. The molecule has 0 radical (unpaired) electrons. The van der Waals surface area contributed by atoms with Gasteiger partial charge < -0.3 is 5.32 Å². The molecular formula is C15H25BrN2O2S. The van der Waals surface area contributed by atoms with Gasteiger partial charge in [0.05, 0.1) is 4.90 Å². The second kappa shape index (κ2) is 7.72. The Kier molecular flexibility index (Phi) is 6.84. The number of hydrogen-bond acceptors (Lipinski definition) is 3. The number of halogens is 1. The number of hydrogen-bond donors (Lipinski definition) is 2. The van der Waals surface area contributed by atoms with E-state index < -0.39 is 10.0 Å². The Morgan fingerprint density at radius 2 is 1.86 bits per heavy atom.